The van der Waals surface area contributed by atoms with Crippen LogP contribution in [-0.4, -0.2) is 20.3 Å². The van der Waals surface area contributed by atoms with Gasteiger partial charge in [0.1, 0.15) is 0 Å². The molecule has 72 heavy (non-hydrogen) atoms. The van der Waals surface area contributed by atoms with Crippen molar-refractivity contribution in [3.05, 3.63) is 167 Å². The normalized spacial score (nSPS) is 20.7. The summed E-state index contributed by atoms with van der Waals surface area (Å²) in [5, 5.41) is 1.57. The molecule has 3 heterocycles. The van der Waals surface area contributed by atoms with Gasteiger partial charge in [-0.2, -0.15) is 0 Å². The summed E-state index contributed by atoms with van der Waals surface area (Å²) in [4.78, 5) is 8.15. The summed E-state index contributed by atoms with van der Waals surface area (Å²) in [5.41, 5.74) is 25.8. The zero-order valence-corrected chi connectivity index (χ0v) is 46.9. The van der Waals surface area contributed by atoms with Crippen LogP contribution in [0, 0.1) is 12.3 Å². The van der Waals surface area contributed by atoms with Crippen molar-refractivity contribution in [2.75, 3.05) is 14.7 Å². The molecule has 0 saturated heterocycles. The highest BCUT2D eigenvalue weighted by molar-refractivity contribution is 7.00. The third-order valence-corrected chi connectivity index (χ3v) is 20.3. The average molecular weight is 962 g/mol. The van der Waals surface area contributed by atoms with Gasteiger partial charge in [-0.3, -0.25) is 0 Å². The van der Waals surface area contributed by atoms with Crippen molar-refractivity contribution in [1.82, 2.24) is 0 Å². The van der Waals surface area contributed by atoms with Gasteiger partial charge in [0.15, 0.2) is 0 Å². The summed E-state index contributed by atoms with van der Waals surface area (Å²) >= 11 is 0. The molecule has 7 aromatic carbocycles. The molecule has 0 amide bonds. The van der Waals surface area contributed by atoms with Crippen LogP contribution in [0.15, 0.2) is 133 Å². The van der Waals surface area contributed by atoms with Gasteiger partial charge in [-0.05, 0) is 172 Å². The summed E-state index contributed by atoms with van der Waals surface area (Å²) in [6.45, 7) is 34.0. The molecular weight excluding hydrogens is 886 g/mol. The molecule has 0 aromatic heterocycles. The Morgan fingerprint density at radius 2 is 1.14 bits per heavy atom. The molecular formula is C67H76BN3Si. The van der Waals surface area contributed by atoms with E-state index in [4.69, 9.17) is 0 Å². The van der Waals surface area contributed by atoms with E-state index in [1.165, 1.54) is 127 Å². The second-order valence-electron chi connectivity index (χ2n) is 27.0. The number of rotatable bonds is 5. The van der Waals surface area contributed by atoms with E-state index in [2.05, 4.69) is 244 Å². The number of benzene rings is 7. The third kappa shape index (κ3) is 7.17. The fourth-order valence-corrected chi connectivity index (χ4v) is 15.3. The Labute approximate surface area is 433 Å². The lowest BCUT2D eigenvalue weighted by Crippen LogP contribution is -2.61. The molecule has 0 radical (unpaired) electrons. The number of hydrogen-bond donors (Lipinski definition) is 0. The van der Waals surface area contributed by atoms with Crippen LogP contribution in [0.25, 0.3) is 11.1 Å². The molecule has 0 bridgehead atoms. The second kappa shape index (κ2) is 15.9. The maximum Gasteiger partial charge on any atom is 0.252 e. The van der Waals surface area contributed by atoms with Gasteiger partial charge < -0.3 is 14.7 Å². The minimum atomic E-state index is -1.55. The van der Waals surface area contributed by atoms with Crippen molar-refractivity contribution < 1.29 is 0 Å². The van der Waals surface area contributed by atoms with Gasteiger partial charge in [-0.25, -0.2) is 0 Å². The lowest BCUT2D eigenvalue weighted by atomic mass is 9.33. The Morgan fingerprint density at radius 3 is 1.82 bits per heavy atom. The van der Waals surface area contributed by atoms with Gasteiger partial charge in [-0.15, -0.1) is 0 Å². The van der Waals surface area contributed by atoms with E-state index in [1.54, 1.807) is 10.8 Å². The van der Waals surface area contributed by atoms with Crippen LogP contribution in [0.3, 0.4) is 0 Å². The van der Waals surface area contributed by atoms with E-state index < -0.39 is 8.07 Å². The van der Waals surface area contributed by atoms with Gasteiger partial charge >= 0.3 is 0 Å². The van der Waals surface area contributed by atoms with Gasteiger partial charge in [0, 0.05) is 50.8 Å². The molecule has 0 spiro atoms. The minimum Gasteiger partial charge on any atom is -0.334 e. The number of nitrogens with zero attached hydrogens (tertiary/aromatic N) is 3. The molecule has 3 nitrogen and oxygen atoms in total. The zero-order chi connectivity index (χ0) is 50.7. The fourth-order valence-electron chi connectivity index (χ4n) is 14.1. The molecule has 7 aromatic rings. The summed E-state index contributed by atoms with van der Waals surface area (Å²) in [7, 11) is -1.55. The van der Waals surface area contributed by atoms with Crippen molar-refractivity contribution in [2.45, 2.75) is 156 Å². The largest absolute Gasteiger partial charge is 0.334 e. The predicted molar refractivity (Wildman–Crippen MR) is 315 cm³/mol. The average Bonchev–Trinajstić information content (AvgIpc) is 3.74. The molecule has 1 saturated carbocycles. The van der Waals surface area contributed by atoms with E-state index in [9.17, 15) is 0 Å². The Kier molecular flexibility index (Phi) is 10.4. The van der Waals surface area contributed by atoms with Gasteiger partial charge in [0.05, 0.1) is 19.3 Å². The first-order chi connectivity index (χ1) is 33.9. The van der Waals surface area contributed by atoms with E-state index >= 15 is 0 Å². The van der Waals surface area contributed by atoms with Crippen LogP contribution < -0.4 is 36.3 Å². The van der Waals surface area contributed by atoms with E-state index in [-0.39, 0.29) is 33.9 Å². The lowest BCUT2D eigenvalue weighted by molar-refractivity contribution is 0.195. The molecule has 0 N–H and O–H groups in total. The van der Waals surface area contributed by atoms with Gasteiger partial charge in [-0.1, -0.05) is 173 Å². The standard InChI is InChI=1S/C67H76BN3Si/c1-43-34-60-62-61(35-43)70(56-30-24-48(64(5,6)7)38-52(56)44-20-16-15-17-21-44)58-37-46-42-65(8,9)41-45(46)36-55(58)68(62)54-29-27-50(39-59(54)69(60)49-25-22-47(23-26-49)63(2,3)4)71-57-31-28-51(72(12,13)14)40-53(57)66(10)32-18-19-33-67(66,71)11/h15-17,20-31,34-40H,18-19,32-33,41-42H2,1-14H3. The quantitative estimate of drug-likeness (QED) is 0.159. The topological polar surface area (TPSA) is 9.72 Å². The summed E-state index contributed by atoms with van der Waals surface area (Å²) < 4.78 is 0. The predicted octanol–water partition coefficient (Wildman–Crippen LogP) is 15.8. The number of aryl methyl sites for hydroxylation is 1. The van der Waals surface area contributed by atoms with Crippen molar-refractivity contribution in [3.63, 3.8) is 0 Å². The van der Waals surface area contributed by atoms with Crippen LogP contribution in [-0.2, 0) is 29.1 Å². The maximum atomic E-state index is 2.81. The molecule has 366 valence electrons. The Balaban J connectivity index is 1.14. The minimum absolute atomic E-state index is 0.00539. The molecule has 1 fully saturated rings. The summed E-state index contributed by atoms with van der Waals surface area (Å²) in [6.07, 6.45) is 7.11. The summed E-state index contributed by atoms with van der Waals surface area (Å²) in [5.74, 6) is 0. The molecule has 2 aliphatic carbocycles. The first-order valence-electron chi connectivity index (χ1n) is 27.3. The van der Waals surface area contributed by atoms with Crippen molar-refractivity contribution >= 4 is 81.9 Å². The number of hydrogen-bond acceptors (Lipinski definition) is 3. The monoisotopic (exact) mass is 962 g/mol. The van der Waals surface area contributed by atoms with E-state index in [0.29, 0.717) is 0 Å². The first kappa shape index (κ1) is 47.2. The Hall–Kier alpha value is -5.78. The van der Waals surface area contributed by atoms with E-state index in [1.807, 2.05) is 0 Å². The number of anilines is 8. The maximum absolute atomic E-state index is 2.81. The van der Waals surface area contributed by atoms with E-state index in [0.717, 1.165) is 12.8 Å². The van der Waals surface area contributed by atoms with Crippen molar-refractivity contribution in [2.24, 2.45) is 5.41 Å². The molecule has 12 rings (SSSR count). The second-order valence-corrected chi connectivity index (χ2v) is 32.1. The summed E-state index contributed by atoms with van der Waals surface area (Å²) in [6, 6.07) is 53.6. The Morgan fingerprint density at radius 1 is 0.528 bits per heavy atom. The van der Waals surface area contributed by atoms with Crippen molar-refractivity contribution in [3.8, 4) is 11.1 Å². The highest BCUT2D eigenvalue weighted by Gasteiger charge is 2.58. The van der Waals surface area contributed by atoms with Gasteiger partial charge in [0.25, 0.3) is 6.71 Å². The molecule has 5 heteroatoms. The van der Waals surface area contributed by atoms with Crippen LogP contribution in [0.1, 0.15) is 128 Å². The van der Waals surface area contributed by atoms with Crippen LogP contribution in [0.2, 0.25) is 19.6 Å². The van der Waals surface area contributed by atoms with Crippen LogP contribution >= 0.6 is 0 Å². The smallest absolute Gasteiger partial charge is 0.252 e. The fraction of sp³-hybridized carbons (Fsp3) is 0.373. The molecule has 5 aliphatic rings. The van der Waals surface area contributed by atoms with Gasteiger partial charge in [0.2, 0.25) is 0 Å². The molecule has 2 unspecified atom stereocenters. The zero-order valence-electron chi connectivity index (χ0n) is 45.9. The highest BCUT2D eigenvalue weighted by Crippen LogP contribution is 2.61. The van der Waals surface area contributed by atoms with Crippen LogP contribution in [0.4, 0.5) is 45.5 Å². The highest BCUT2D eigenvalue weighted by atomic mass is 28.3. The molecule has 2 atom stereocenters. The number of fused-ring (bicyclic) bond motifs is 8. The SMILES string of the molecule is Cc1cc2c3c(c1)N(c1ccc(C(C)(C)C)cc1-c1ccccc1)c1cc4c(cc1B3c1ccc(N3c5ccc([Si](C)(C)C)cc5C5(C)CCCCC35C)cc1N2c1ccc(C(C)(C)C)cc1)CC(C)(C)C4. The lowest BCUT2D eigenvalue weighted by Gasteiger charge is -2.50. The molecule has 3 aliphatic heterocycles. The van der Waals surface area contributed by atoms with Crippen LogP contribution in [0.5, 0.6) is 0 Å². The van der Waals surface area contributed by atoms with Crippen molar-refractivity contribution in [1.29, 1.82) is 0 Å². The first-order valence-corrected chi connectivity index (χ1v) is 30.8. The third-order valence-electron chi connectivity index (χ3n) is 18.3. The Bertz CT molecular complexity index is 3350.